The Hall–Kier alpha value is -8.18. The van der Waals surface area contributed by atoms with Crippen LogP contribution < -0.4 is 73.7 Å². The number of aromatic nitrogens is 4. The van der Waals surface area contributed by atoms with Gasteiger partial charge in [-0.15, -0.1) is 0 Å². The number of carbonyl (C=O) groups excluding carboxylic acids is 6. The quantitative estimate of drug-likeness (QED) is 0.0327. The van der Waals surface area contributed by atoms with Crippen molar-refractivity contribution in [3.05, 3.63) is 80.4 Å². The van der Waals surface area contributed by atoms with Gasteiger partial charge < -0.3 is 99.9 Å². The summed E-state index contributed by atoms with van der Waals surface area (Å²) in [5.74, 6) is -6.78. The van der Waals surface area contributed by atoms with Gasteiger partial charge in [0.25, 0.3) is 22.9 Å². The molecule has 0 saturated heterocycles. The van der Waals surface area contributed by atoms with Crippen LogP contribution in [0, 0.1) is 0 Å². The van der Waals surface area contributed by atoms with Gasteiger partial charge in [-0.05, 0) is 74.2 Å². The molecular formula is C40H54CaN14O19. The molecule has 0 bridgehead atoms. The topological polar surface area (TPSA) is 585 Å². The number of fused-ring (bicyclic) bond motifs is 2. The van der Waals surface area contributed by atoms with Crippen molar-refractivity contribution in [2.75, 3.05) is 68.9 Å². The third-order valence-corrected chi connectivity index (χ3v) is 10.6. The summed E-state index contributed by atoms with van der Waals surface area (Å²) in [6.07, 6.45) is -1.88. The molecule has 6 rings (SSSR count). The third-order valence-electron chi connectivity index (χ3n) is 10.6. The molecule has 0 fully saturated rings. The fourth-order valence-electron chi connectivity index (χ4n) is 7.02. The van der Waals surface area contributed by atoms with E-state index < -0.39 is 84.1 Å². The van der Waals surface area contributed by atoms with Crippen molar-refractivity contribution >= 4 is 133 Å². The van der Waals surface area contributed by atoms with Gasteiger partial charge >= 0.3 is 49.7 Å². The summed E-state index contributed by atoms with van der Waals surface area (Å²) in [5, 5.41) is 50.0. The van der Waals surface area contributed by atoms with E-state index in [1.807, 2.05) is 0 Å². The van der Waals surface area contributed by atoms with Gasteiger partial charge in [-0.3, -0.25) is 48.5 Å². The first-order chi connectivity index (χ1) is 32.2. The van der Waals surface area contributed by atoms with Crippen molar-refractivity contribution in [3.63, 3.8) is 0 Å². The van der Waals surface area contributed by atoms with E-state index in [0.29, 0.717) is 24.2 Å². The second kappa shape index (κ2) is 30.0. The average Bonchev–Trinajstić information content (AvgIpc) is 3.30. The Balaban J connectivity index is 0. The fraction of sp³-hybridized carbons (Fsp3) is 0.300. The van der Waals surface area contributed by atoms with Crippen molar-refractivity contribution in [1.29, 1.82) is 0 Å². The van der Waals surface area contributed by atoms with Crippen molar-refractivity contribution in [1.82, 2.24) is 30.6 Å². The number of aromatic amines is 2. The van der Waals surface area contributed by atoms with Crippen LogP contribution in [0.4, 0.5) is 46.3 Å². The van der Waals surface area contributed by atoms with Crippen molar-refractivity contribution in [3.8, 4) is 0 Å². The van der Waals surface area contributed by atoms with Crippen LogP contribution in [0.25, 0.3) is 0 Å². The fourth-order valence-corrected chi connectivity index (χ4v) is 7.02. The van der Waals surface area contributed by atoms with E-state index in [1.54, 1.807) is 48.2 Å². The molecule has 4 aromatic rings. The van der Waals surface area contributed by atoms with E-state index in [0.717, 1.165) is 0 Å². The van der Waals surface area contributed by atoms with Crippen LogP contribution in [0.2, 0.25) is 0 Å². The van der Waals surface area contributed by atoms with E-state index in [1.165, 1.54) is 34.1 Å². The summed E-state index contributed by atoms with van der Waals surface area (Å²) in [4.78, 5) is 135. The molecule has 0 aliphatic carbocycles. The Morgan fingerprint density at radius 2 is 0.973 bits per heavy atom. The first-order valence-corrected chi connectivity index (χ1v) is 20.1. The van der Waals surface area contributed by atoms with Gasteiger partial charge in [-0.25, -0.2) is 9.59 Å². The van der Waals surface area contributed by atoms with Gasteiger partial charge in [-0.1, -0.05) is 0 Å². The predicted octanol–water partition coefficient (Wildman–Crippen LogP) is -8.67. The van der Waals surface area contributed by atoms with Crippen LogP contribution in [0.15, 0.2) is 58.1 Å². The molecule has 33 nitrogen and oxygen atoms in total. The minimum atomic E-state index is -1.42. The molecular weight excluding hydrogens is 1020 g/mol. The Bertz CT molecular complexity index is 2530. The molecule has 34 heteroatoms. The van der Waals surface area contributed by atoms with Crippen LogP contribution in [0.5, 0.6) is 0 Å². The standard InChI is InChI=1S/2C20H23N7O7.Ca.5H2O/c2*1-26(13-8-22-16-15(27(13)9-28)18(32)25-20(21)24-16)11-4-2-10(3-5-11)17(31)23-12(19(33)34)6-7-14(29)30;;;;;;/h2*2-5,9,12-13H,6-8H2,1H3,(H,23,31)(H,29,30)(H,33,34)(H4,21,22,24,25,32);;5*1H2/q;;+2;;;;;/p-2. The normalized spacial score (nSPS) is 14.2. The maximum absolute atomic E-state index is 12.4. The molecule has 4 amide bonds. The molecule has 4 unspecified atom stereocenters. The van der Waals surface area contributed by atoms with Crippen molar-refractivity contribution in [2.24, 2.45) is 0 Å². The second-order valence-electron chi connectivity index (χ2n) is 14.9. The molecule has 2 aromatic heterocycles. The van der Waals surface area contributed by atoms with E-state index >= 15 is 0 Å². The van der Waals surface area contributed by atoms with Gasteiger partial charge in [0.15, 0.2) is 23.0 Å². The number of rotatable bonds is 18. The second-order valence-corrected chi connectivity index (χ2v) is 14.9. The van der Waals surface area contributed by atoms with Gasteiger partial charge in [0.05, 0.1) is 13.1 Å². The Labute approximate surface area is 446 Å². The van der Waals surface area contributed by atoms with E-state index in [-0.39, 0.29) is 137 Å². The molecule has 2 aromatic carbocycles. The number of anilines is 8. The zero-order valence-corrected chi connectivity index (χ0v) is 41.4. The number of H-pyrrole nitrogens is 2. The number of hydrogen-bond acceptors (Lipinski definition) is 20. The van der Waals surface area contributed by atoms with E-state index in [4.69, 9.17) is 11.5 Å². The maximum atomic E-state index is 12.4. The van der Waals surface area contributed by atoms with Crippen molar-refractivity contribution in [2.45, 2.75) is 50.1 Å². The smallest absolute Gasteiger partial charge is 0.550 e. The zero-order valence-electron chi connectivity index (χ0n) is 39.2. The molecule has 4 heterocycles. The van der Waals surface area contributed by atoms with Gasteiger partial charge in [0.1, 0.15) is 24.4 Å². The molecule has 74 heavy (non-hydrogen) atoms. The predicted molar refractivity (Wildman–Crippen MR) is 260 cm³/mol. The first kappa shape index (κ1) is 67.9. The van der Waals surface area contributed by atoms with Crippen LogP contribution in [0.1, 0.15) is 46.4 Å². The number of aliphatic carboxylic acids is 4. The van der Waals surface area contributed by atoms with Crippen LogP contribution in [-0.4, -0.2) is 195 Å². The summed E-state index contributed by atoms with van der Waals surface area (Å²) in [6, 6.07) is 9.34. The molecule has 4 atom stereocenters. The minimum absolute atomic E-state index is 0. The summed E-state index contributed by atoms with van der Waals surface area (Å²) >= 11 is 0. The number of amides is 4. The Morgan fingerprint density at radius 1 is 0.662 bits per heavy atom. The summed E-state index contributed by atoms with van der Waals surface area (Å²) in [5.41, 5.74) is 11.4. The molecule has 0 radical (unpaired) electrons. The summed E-state index contributed by atoms with van der Waals surface area (Å²) in [7, 11) is 3.37. The molecule has 2 aliphatic rings. The van der Waals surface area contributed by atoms with Crippen LogP contribution in [-0.2, 0) is 28.8 Å². The van der Waals surface area contributed by atoms with Gasteiger partial charge in [0, 0.05) is 48.5 Å². The van der Waals surface area contributed by atoms with Gasteiger partial charge in [0.2, 0.25) is 24.7 Å². The Kier molecular flexibility index (Phi) is 27.5. The average molecular weight is 1080 g/mol. The largest absolute Gasteiger partial charge is 2.00 e. The number of carboxylic acid groups (broad SMARTS) is 4. The number of nitrogens with one attached hydrogen (secondary N) is 6. The first-order valence-electron chi connectivity index (χ1n) is 20.1. The number of likely N-dealkylation sites (N-methyl/N-ethyl adjacent to an activating group) is 2. The number of nitrogens with zero attached hydrogens (tertiary/aromatic N) is 6. The molecule has 400 valence electrons. The molecule has 0 saturated carbocycles. The summed E-state index contributed by atoms with van der Waals surface area (Å²) < 4.78 is 0. The third kappa shape index (κ3) is 16.4. The molecule has 0 spiro atoms. The monoisotopic (exact) mass is 1070 g/mol. The number of carbonyl (C=O) groups is 8. The SMILES string of the molecule is CN(c1ccc(C(=O)NC(CCC(=O)[O-])C(=O)O)cc1)C1CNc2nc(N)[nH]c(=O)c2N1C=O.CN(c1ccc(C(=O)NC(CCC(=O)[O-])C(=O)O)cc1)C1CNc2nc(N)[nH]c(=O)c2N1C=O.O.O.O.O.O.[Ca+2]. The van der Waals surface area contributed by atoms with Crippen LogP contribution >= 0.6 is 0 Å². The Morgan fingerprint density at radius 3 is 1.24 bits per heavy atom. The minimum Gasteiger partial charge on any atom is -0.550 e. The van der Waals surface area contributed by atoms with Gasteiger partial charge in [-0.2, -0.15) is 9.97 Å². The summed E-state index contributed by atoms with van der Waals surface area (Å²) in [6.45, 7) is 0.443. The zero-order chi connectivity index (χ0) is 50.0. The maximum Gasteiger partial charge on any atom is 2.00 e. The molecule has 22 N–H and O–H groups in total. The van der Waals surface area contributed by atoms with Crippen molar-refractivity contribution < 1.29 is 86.2 Å². The number of nitrogens with two attached hydrogens (primary N) is 2. The molecule has 2 aliphatic heterocycles. The van der Waals surface area contributed by atoms with E-state index in [2.05, 4.69) is 41.2 Å². The van der Waals surface area contributed by atoms with E-state index in [9.17, 15) is 68.4 Å². The van der Waals surface area contributed by atoms with Crippen LogP contribution in [0.3, 0.4) is 0 Å². The number of hydrogen-bond donors (Lipinski definition) is 10. The number of carboxylic acids is 4. The number of benzene rings is 2. The number of nitrogen functional groups attached to an aromatic ring is 2.